The van der Waals surface area contributed by atoms with Crippen molar-refractivity contribution in [3.8, 4) is 16.9 Å². The van der Waals surface area contributed by atoms with Gasteiger partial charge in [0.15, 0.2) is 0 Å². The average Bonchev–Trinajstić information content (AvgIpc) is 3.01. The van der Waals surface area contributed by atoms with E-state index < -0.39 is 35.2 Å². The molecule has 2 aromatic rings. The van der Waals surface area contributed by atoms with Crippen molar-refractivity contribution in [2.45, 2.75) is 6.29 Å². The van der Waals surface area contributed by atoms with Crippen molar-refractivity contribution < 1.29 is 33.3 Å². The third kappa shape index (κ3) is 2.57. The largest absolute Gasteiger partial charge is 0.507 e. The van der Waals surface area contributed by atoms with Gasteiger partial charge in [-0.15, -0.1) is 0 Å². The second-order valence-electron chi connectivity index (χ2n) is 4.73. The summed E-state index contributed by atoms with van der Waals surface area (Å²) in [5, 5.41) is 19.2. The monoisotopic (exact) mass is 320 g/mol. The van der Waals surface area contributed by atoms with E-state index in [4.69, 9.17) is 9.47 Å². The summed E-state index contributed by atoms with van der Waals surface area (Å²) in [5.74, 6) is -3.59. The Morgan fingerprint density at radius 3 is 2.30 bits per heavy atom. The molecule has 0 fully saturated rings. The molecule has 3 rings (SSSR count). The Balaban J connectivity index is 2.27. The quantitative estimate of drug-likeness (QED) is 0.904. The highest BCUT2D eigenvalue weighted by atomic mass is 19.1. The first-order chi connectivity index (χ1) is 11.0. The summed E-state index contributed by atoms with van der Waals surface area (Å²) >= 11 is 0. The molecular weight excluding hydrogens is 310 g/mol. The molecule has 118 valence electrons. The summed E-state index contributed by atoms with van der Waals surface area (Å²) in [6.45, 7) is 0. The van der Waals surface area contributed by atoms with Crippen LogP contribution in [-0.2, 0) is 9.47 Å². The smallest absolute Gasteiger partial charge is 0.340 e. The molecule has 7 heteroatoms. The van der Waals surface area contributed by atoms with E-state index in [1.807, 2.05) is 0 Å². The van der Waals surface area contributed by atoms with Gasteiger partial charge in [-0.05, 0) is 29.8 Å². The first-order valence-electron chi connectivity index (χ1n) is 6.49. The fraction of sp³-hybridized carbons (Fsp3) is 0.0625. The Morgan fingerprint density at radius 1 is 1.04 bits per heavy atom. The molecule has 1 aliphatic rings. The Hall–Kier alpha value is -3.09. The SMILES string of the molecule is O=C(O)c1c(O)ccc(-c2ccc(F)cc2F)c1C1OC=CO1. The number of carboxylic acids is 1. The van der Waals surface area contributed by atoms with E-state index in [9.17, 15) is 23.8 Å². The highest BCUT2D eigenvalue weighted by molar-refractivity contribution is 5.95. The van der Waals surface area contributed by atoms with Gasteiger partial charge in [0.2, 0.25) is 0 Å². The van der Waals surface area contributed by atoms with E-state index >= 15 is 0 Å². The van der Waals surface area contributed by atoms with Gasteiger partial charge >= 0.3 is 5.97 Å². The van der Waals surface area contributed by atoms with Crippen LogP contribution >= 0.6 is 0 Å². The van der Waals surface area contributed by atoms with Crippen molar-refractivity contribution >= 4 is 5.97 Å². The molecule has 23 heavy (non-hydrogen) atoms. The molecule has 0 atom stereocenters. The van der Waals surface area contributed by atoms with Crippen LogP contribution in [0.3, 0.4) is 0 Å². The number of carbonyl (C=O) groups is 1. The number of aromatic hydroxyl groups is 1. The van der Waals surface area contributed by atoms with Gasteiger partial charge in [0.05, 0.1) is 5.56 Å². The Kier molecular flexibility index (Phi) is 3.61. The van der Waals surface area contributed by atoms with Crippen molar-refractivity contribution in [3.05, 3.63) is 65.6 Å². The maximum atomic E-state index is 14.1. The number of ether oxygens (including phenoxy) is 2. The number of carboxylic acid groups (broad SMARTS) is 1. The highest BCUT2D eigenvalue weighted by Gasteiger charge is 2.30. The lowest BCUT2D eigenvalue weighted by atomic mass is 9.93. The van der Waals surface area contributed by atoms with Gasteiger partial charge in [-0.1, -0.05) is 0 Å². The van der Waals surface area contributed by atoms with Gasteiger partial charge in [0, 0.05) is 11.6 Å². The van der Waals surface area contributed by atoms with E-state index in [2.05, 4.69) is 0 Å². The molecular formula is C16H10F2O5. The van der Waals surface area contributed by atoms with Crippen LogP contribution in [0.2, 0.25) is 0 Å². The molecule has 5 nitrogen and oxygen atoms in total. The van der Waals surface area contributed by atoms with Crippen LogP contribution < -0.4 is 0 Å². The van der Waals surface area contributed by atoms with Crippen molar-refractivity contribution in [3.63, 3.8) is 0 Å². The Bertz CT molecular complexity index is 808. The second kappa shape index (κ2) is 5.60. The third-order valence-corrected chi connectivity index (χ3v) is 3.35. The zero-order valence-electron chi connectivity index (χ0n) is 11.5. The molecule has 0 radical (unpaired) electrons. The van der Waals surface area contributed by atoms with Crippen molar-refractivity contribution in [2.24, 2.45) is 0 Å². The average molecular weight is 320 g/mol. The number of hydrogen-bond donors (Lipinski definition) is 2. The fourth-order valence-electron chi connectivity index (χ4n) is 2.40. The third-order valence-electron chi connectivity index (χ3n) is 3.35. The van der Waals surface area contributed by atoms with Crippen LogP contribution in [0.25, 0.3) is 11.1 Å². The molecule has 0 bridgehead atoms. The minimum absolute atomic E-state index is 0.0389. The van der Waals surface area contributed by atoms with E-state index in [-0.39, 0.29) is 16.7 Å². The van der Waals surface area contributed by atoms with Crippen LogP contribution in [0, 0.1) is 11.6 Å². The molecule has 2 aromatic carbocycles. The van der Waals surface area contributed by atoms with Crippen LogP contribution in [0.4, 0.5) is 8.78 Å². The minimum Gasteiger partial charge on any atom is -0.507 e. The van der Waals surface area contributed by atoms with Crippen LogP contribution in [0.1, 0.15) is 22.2 Å². The lowest BCUT2D eigenvalue weighted by Crippen LogP contribution is -2.10. The zero-order valence-corrected chi connectivity index (χ0v) is 11.5. The van der Waals surface area contributed by atoms with Crippen LogP contribution in [0.15, 0.2) is 42.9 Å². The molecule has 1 aliphatic heterocycles. The van der Waals surface area contributed by atoms with Gasteiger partial charge in [-0.25, -0.2) is 13.6 Å². The lowest BCUT2D eigenvalue weighted by Gasteiger charge is -2.19. The summed E-state index contributed by atoms with van der Waals surface area (Å²) in [4.78, 5) is 11.5. The lowest BCUT2D eigenvalue weighted by molar-refractivity contribution is -0.0251. The maximum absolute atomic E-state index is 14.1. The molecule has 0 saturated carbocycles. The molecule has 2 N–H and O–H groups in total. The van der Waals surface area contributed by atoms with Crippen LogP contribution in [-0.4, -0.2) is 16.2 Å². The predicted octanol–water partition coefficient (Wildman–Crippen LogP) is 3.55. The van der Waals surface area contributed by atoms with Crippen LogP contribution in [0.5, 0.6) is 5.75 Å². The highest BCUT2D eigenvalue weighted by Crippen LogP contribution is 2.40. The molecule has 0 unspecified atom stereocenters. The van der Waals surface area contributed by atoms with E-state index in [1.165, 1.54) is 24.7 Å². The van der Waals surface area contributed by atoms with Gasteiger partial charge < -0.3 is 19.7 Å². The summed E-state index contributed by atoms with van der Waals surface area (Å²) in [6, 6.07) is 5.34. The summed E-state index contributed by atoms with van der Waals surface area (Å²) < 4.78 is 37.5. The van der Waals surface area contributed by atoms with E-state index in [0.29, 0.717) is 6.07 Å². The topological polar surface area (TPSA) is 76.0 Å². The number of hydrogen-bond acceptors (Lipinski definition) is 4. The summed E-state index contributed by atoms with van der Waals surface area (Å²) in [6.07, 6.45) is 1.24. The number of rotatable bonds is 3. The fourth-order valence-corrected chi connectivity index (χ4v) is 2.40. The van der Waals surface area contributed by atoms with Gasteiger partial charge in [-0.2, -0.15) is 0 Å². The number of halogens is 2. The van der Waals surface area contributed by atoms with E-state index in [0.717, 1.165) is 12.1 Å². The minimum atomic E-state index is -1.43. The maximum Gasteiger partial charge on any atom is 0.340 e. The second-order valence-corrected chi connectivity index (χ2v) is 4.73. The molecule has 0 saturated heterocycles. The first kappa shape index (κ1) is 14.8. The van der Waals surface area contributed by atoms with Gasteiger partial charge in [0.1, 0.15) is 35.5 Å². The molecule has 0 amide bonds. The Labute approximate surface area is 129 Å². The van der Waals surface area contributed by atoms with Gasteiger partial charge in [-0.3, -0.25) is 0 Å². The predicted molar refractivity (Wildman–Crippen MR) is 74.5 cm³/mol. The van der Waals surface area contributed by atoms with Crippen molar-refractivity contribution in [1.29, 1.82) is 0 Å². The molecule has 0 spiro atoms. The summed E-state index contributed by atoms with van der Waals surface area (Å²) in [7, 11) is 0. The standard InChI is InChI=1S/C16H10F2O5/c17-8-1-2-9(11(18)7-8)10-3-4-12(19)14(15(20)21)13(10)16-22-5-6-23-16/h1-7,16,19H,(H,20,21). The summed E-state index contributed by atoms with van der Waals surface area (Å²) in [5.41, 5.74) is -0.456. The number of phenols is 1. The van der Waals surface area contributed by atoms with Crippen molar-refractivity contribution in [1.82, 2.24) is 0 Å². The zero-order chi connectivity index (χ0) is 16.6. The Morgan fingerprint density at radius 2 is 1.70 bits per heavy atom. The molecule has 0 aromatic heterocycles. The van der Waals surface area contributed by atoms with E-state index in [1.54, 1.807) is 0 Å². The van der Waals surface area contributed by atoms with Gasteiger partial charge in [0.25, 0.3) is 6.29 Å². The number of benzene rings is 2. The normalized spacial score (nSPS) is 13.7. The molecule has 0 aliphatic carbocycles. The molecule has 1 heterocycles. The first-order valence-corrected chi connectivity index (χ1v) is 6.49. The van der Waals surface area contributed by atoms with Crippen molar-refractivity contribution in [2.75, 3.05) is 0 Å². The number of aromatic carboxylic acids is 1.